The van der Waals surface area contributed by atoms with Crippen LogP contribution < -0.4 is 5.32 Å². The monoisotopic (exact) mass is 371 g/mol. The molecule has 2 amide bonds. The number of nitrogens with zero attached hydrogens (tertiary/aromatic N) is 3. The molecule has 136 valence electrons. The van der Waals surface area contributed by atoms with Gasteiger partial charge in [0.15, 0.2) is 0 Å². The lowest BCUT2D eigenvalue weighted by molar-refractivity contribution is 0.206. The molecule has 1 atom stereocenters. The van der Waals surface area contributed by atoms with E-state index < -0.39 is 0 Å². The molecule has 0 saturated carbocycles. The first-order valence-electron chi connectivity index (χ1n) is 8.82. The van der Waals surface area contributed by atoms with Crippen molar-refractivity contribution in [2.45, 2.75) is 32.9 Å². The smallest absolute Gasteiger partial charge is 0.317 e. The Bertz CT molecular complexity index is 960. The van der Waals surface area contributed by atoms with Crippen LogP contribution in [0, 0.1) is 13.8 Å². The Hall–Kier alpha value is -2.47. The van der Waals surface area contributed by atoms with Crippen LogP contribution in [0.4, 0.5) is 4.79 Å². The lowest BCUT2D eigenvalue weighted by Crippen LogP contribution is -2.38. The quantitative estimate of drug-likeness (QED) is 0.735. The first kappa shape index (κ1) is 17.0. The number of hydrogen-bond acceptors (Lipinski definition) is 2. The van der Waals surface area contributed by atoms with Crippen molar-refractivity contribution in [3.63, 3.8) is 0 Å². The summed E-state index contributed by atoms with van der Waals surface area (Å²) in [5, 5.41) is 9.31. The van der Waals surface area contributed by atoms with Gasteiger partial charge in [0.05, 0.1) is 18.3 Å². The zero-order valence-corrected chi connectivity index (χ0v) is 15.7. The molecule has 2 N–H and O–H groups in total. The number of halogens is 1. The summed E-state index contributed by atoms with van der Waals surface area (Å²) in [5.74, 6) is 0. The van der Waals surface area contributed by atoms with Gasteiger partial charge >= 0.3 is 6.03 Å². The van der Waals surface area contributed by atoms with Gasteiger partial charge in [0.1, 0.15) is 0 Å². The largest absolute Gasteiger partial charge is 0.357 e. The van der Waals surface area contributed by atoms with Crippen molar-refractivity contribution >= 4 is 28.5 Å². The molecule has 0 bridgehead atoms. The second-order valence-electron chi connectivity index (χ2n) is 6.95. The highest BCUT2D eigenvalue weighted by Crippen LogP contribution is 2.23. The Kier molecular flexibility index (Phi) is 4.36. The molecule has 0 radical (unpaired) electrons. The van der Waals surface area contributed by atoms with E-state index in [0.717, 1.165) is 41.0 Å². The summed E-state index contributed by atoms with van der Waals surface area (Å²) >= 11 is 6.02. The van der Waals surface area contributed by atoms with E-state index >= 15 is 0 Å². The van der Waals surface area contributed by atoms with Gasteiger partial charge in [0.25, 0.3) is 0 Å². The SMILES string of the molecule is Cc1cc(C)n([C@@H]2CCN(C(=O)NCc3cc4cc(Cl)ccc4[nH]3)C2)n1. The first-order valence-corrected chi connectivity index (χ1v) is 9.20. The van der Waals surface area contributed by atoms with Crippen molar-refractivity contribution in [3.05, 3.63) is 52.4 Å². The van der Waals surface area contributed by atoms with Crippen LogP contribution in [-0.2, 0) is 6.54 Å². The van der Waals surface area contributed by atoms with Crippen molar-refractivity contribution in [2.75, 3.05) is 13.1 Å². The Balaban J connectivity index is 1.37. The van der Waals surface area contributed by atoms with Gasteiger partial charge in [0, 0.05) is 40.4 Å². The van der Waals surface area contributed by atoms with Crippen molar-refractivity contribution in [1.82, 2.24) is 25.0 Å². The maximum Gasteiger partial charge on any atom is 0.317 e. The van der Waals surface area contributed by atoms with E-state index in [0.29, 0.717) is 18.1 Å². The Morgan fingerprint density at radius 3 is 2.96 bits per heavy atom. The van der Waals surface area contributed by atoms with Crippen LogP contribution in [0.3, 0.4) is 0 Å². The van der Waals surface area contributed by atoms with Gasteiger partial charge in [-0.3, -0.25) is 4.68 Å². The van der Waals surface area contributed by atoms with E-state index in [2.05, 4.69) is 28.4 Å². The summed E-state index contributed by atoms with van der Waals surface area (Å²) < 4.78 is 2.05. The number of rotatable bonds is 3. The van der Waals surface area contributed by atoms with Gasteiger partial charge in [-0.15, -0.1) is 0 Å². The lowest BCUT2D eigenvalue weighted by Gasteiger charge is -2.18. The summed E-state index contributed by atoms with van der Waals surface area (Å²) in [6, 6.07) is 10.0. The highest BCUT2D eigenvalue weighted by molar-refractivity contribution is 6.31. The van der Waals surface area contributed by atoms with Gasteiger partial charge < -0.3 is 15.2 Å². The van der Waals surface area contributed by atoms with Crippen LogP contribution in [0.1, 0.15) is 29.5 Å². The number of benzene rings is 1. The summed E-state index contributed by atoms with van der Waals surface area (Å²) in [6.45, 7) is 5.96. The van der Waals surface area contributed by atoms with Crippen LogP contribution in [-0.4, -0.2) is 38.8 Å². The maximum atomic E-state index is 12.5. The van der Waals surface area contributed by atoms with Crippen LogP contribution in [0.2, 0.25) is 5.02 Å². The van der Waals surface area contributed by atoms with E-state index in [9.17, 15) is 4.79 Å². The molecule has 1 aliphatic heterocycles. The highest BCUT2D eigenvalue weighted by Gasteiger charge is 2.28. The number of nitrogens with one attached hydrogen (secondary N) is 2. The molecule has 1 saturated heterocycles. The predicted molar refractivity (Wildman–Crippen MR) is 102 cm³/mol. The lowest BCUT2D eigenvalue weighted by atomic mass is 10.2. The fraction of sp³-hybridized carbons (Fsp3) is 0.368. The molecule has 0 aliphatic carbocycles. The molecule has 4 rings (SSSR count). The second kappa shape index (κ2) is 6.68. The summed E-state index contributed by atoms with van der Waals surface area (Å²) in [7, 11) is 0. The normalized spacial score (nSPS) is 17.2. The zero-order valence-electron chi connectivity index (χ0n) is 14.9. The molecule has 1 aromatic carbocycles. The number of aryl methyl sites for hydroxylation is 2. The minimum atomic E-state index is -0.0364. The zero-order chi connectivity index (χ0) is 18.3. The van der Waals surface area contributed by atoms with E-state index in [1.807, 2.05) is 40.8 Å². The van der Waals surface area contributed by atoms with Crippen molar-refractivity contribution in [1.29, 1.82) is 0 Å². The minimum Gasteiger partial charge on any atom is -0.357 e. The molecule has 1 fully saturated rings. The molecule has 26 heavy (non-hydrogen) atoms. The first-order chi connectivity index (χ1) is 12.5. The molecule has 6 nitrogen and oxygen atoms in total. The third-order valence-corrected chi connectivity index (χ3v) is 5.14. The third-order valence-electron chi connectivity index (χ3n) is 4.91. The number of amides is 2. The van der Waals surface area contributed by atoms with Crippen molar-refractivity contribution in [2.24, 2.45) is 0 Å². The van der Waals surface area contributed by atoms with Crippen LogP contribution in [0.5, 0.6) is 0 Å². The number of H-pyrrole nitrogens is 1. The highest BCUT2D eigenvalue weighted by atomic mass is 35.5. The Morgan fingerprint density at radius 1 is 1.35 bits per heavy atom. The van der Waals surface area contributed by atoms with Gasteiger partial charge in [0.2, 0.25) is 0 Å². The van der Waals surface area contributed by atoms with Gasteiger partial charge in [-0.25, -0.2) is 4.79 Å². The number of likely N-dealkylation sites (tertiary alicyclic amines) is 1. The van der Waals surface area contributed by atoms with Gasteiger partial charge in [-0.1, -0.05) is 11.6 Å². The van der Waals surface area contributed by atoms with Crippen molar-refractivity contribution in [3.8, 4) is 0 Å². The Labute approximate surface area is 157 Å². The van der Waals surface area contributed by atoms with Crippen molar-refractivity contribution < 1.29 is 4.79 Å². The van der Waals surface area contributed by atoms with Crippen LogP contribution in [0.15, 0.2) is 30.3 Å². The number of carbonyl (C=O) groups excluding carboxylic acids is 1. The van der Waals surface area contributed by atoms with Gasteiger partial charge in [-0.2, -0.15) is 5.10 Å². The summed E-state index contributed by atoms with van der Waals surface area (Å²) in [4.78, 5) is 17.7. The number of hydrogen-bond donors (Lipinski definition) is 2. The molecule has 0 unspecified atom stereocenters. The van der Waals surface area contributed by atoms with E-state index in [1.165, 1.54) is 0 Å². The molecule has 3 heterocycles. The van der Waals surface area contributed by atoms with Crippen LogP contribution >= 0.6 is 11.6 Å². The maximum absolute atomic E-state index is 12.5. The predicted octanol–water partition coefficient (Wildman–Crippen LogP) is 3.79. The Morgan fingerprint density at radius 2 is 2.19 bits per heavy atom. The molecule has 2 aromatic heterocycles. The topological polar surface area (TPSA) is 66.0 Å². The van der Waals surface area contributed by atoms with E-state index in [-0.39, 0.29) is 12.1 Å². The van der Waals surface area contributed by atoms with E-state index in [1.54, 1.807) is 0 Å². The average molecular weight is 372 g/mol. The average Bonchev–Trinajstić information content (AvgIpc) is 3.30. The number of urea groups is 1. The molecule has 3 aromatic rings. The summed E-state index contributed by atoms with van der Waals surface area (Å²) in [5.41, 5.74) is 4.14. The second-order valence-corrected chi connectivity index (χ2v) is 7.38. The van der Waals surface area contributed by atoms with E-state index in [4.69, 9.17) is 11.6 Å². The fourth-order valence-corrected chi connectivity index (χ4v) is 3.86. The summed E-state index contributed by atoms with van der Waals surface area (Å²) in [6.07, 6.45) is 0.931. The molecule has 0 spiro atoms. The molecular weight excluding hydrogens is 350 g/mol. The number of aromatic amines is 1. The fourth-order valence-electron chi connectivity index (χ4n) is 3.68. The number of fused-ring (bicyclic) bond motifs is 1. The molecular formula is C19H22ClN5O. The minimum absolute atomic E-state index is 0.0364. The molecule has 7 heteroatoms. The van der Waals surface area contributed by atoms with Gasteiger partial charge in [-0.05, 0) is 50.6 Å². The standard InChI is InChI=1S/C19H22ClN5O/c1-12-7-13(2)25(23-12)17-5-6-24(11-17)19(26)21-10-16-9-14-8-15(20)3-4-18(14)22-16/h3-4,7-9,17,22H,5-6,10-11H2,1-2H3,(H,21,26)/t17-/m1/s1. The van der Waals surface area contributed by atoms with Crippen LogP contribution in [0.25, 0.3) is 10.9 Å². The number of aromatic nitrogens is 3. The third kappa shape index (κ3) is 3.29. The number of carbonyl (C=O) groups is 1. The molecule has 1 aliphatic rings.